The van der Waals surface area contributed by atoms with Gasteiger partial charge in [-0.25, -0.2) is 9.37 Å². The highest BCUT2D eigenvalue weighted by Gasteiger charge is 2.23. The molecule has 146 valence electrons. The van der Waals surface area contributed by atoms with Crippen molar-refractivity contribution < 1.29 is 9.18 Å². The highest BCUT2D eigenvalue weighted by atomic mass is 32.2. The number of nitrogens with one attached hydrogen (secondary N) is 1. The Morgan fingerprint density at radius 2 is 2.14 bits per heavy atom. The second-order valence-electron chi connectivity index (χ2n) is 6.93. The number of piperidine rings is 1. The van der Waals surface area contributed by atoms with Gasteiger partial charge in [-0.15, -0.1) is 11.3 Å². The zero-order valence-corrected chi connectivity index (χ0v) is 17.0. The molecule has 1 unspecified atom stereocenters. The number of fused-ring (bicyclic) bond motifs is 1. The molecule has 1 aliphatic rings. The summed E-state index contributed by atoms with van der Waals surface area (Å²) in [5.74, 6) is 0.0226. The average Bonchev–Trinajstić information content (AvgIpc) is 3.12. The molecular formula is C20H20FN3O2S2. The molecule has 0 radical (unpaired) electrons. The summed E-state index contributed by atoms with van der Waals surface area (Å²) >= 11 is 2.63. The SMILES string of the molecule is CC1CCCCN1C(=O)CSc1nc2scc(-c3ccc(F)cc3)c2c(=O)[nH]1. The molecule has 1 N–H and O–H groups in total. The first kappa shape index (κ1) is 19.1. The lowest BCUT2D eigenvalue weighted by molar-refractivity contribution is -0.131. The quantitative estimate of drug-likeness (QED) is 0.508. The normalized spacial score (nSPS) is 17.2. The van der Waals surface area contributed by atoms with Crippen molar-refractivity contribution in [2.45, 2.75) is 37.4 Å². The molecule has 1 atom stereocenters. The molecule has 1 saturated heterocycles. The van der Waals surface area contributed by atoms with E-state index in [1.165, 1.54) is 41.7 Å². The Morgan fingerprint density at radius 1 is 1.36 bits per heavy atom. The number of thiophene rings is 1. The topological polar surface area (TPSA) is 66.1 Å². The average molecular weight is 418 g/mol. The number of benzene rings is 1. The van der Waals surface area contributed by atoms with Gasteiger partial charge in [-0.05, 0) is 43.9 Å². The standard InChI is InChI=1S/C20H20FN3O2S2/c1-12-4-2-3-9-24(12)16(25)11-28-20-22-18(26)17-15(10-27-19(17)23-20)13-5-7-14(21)8-6-13/h5-8,10,12H,2-4,9,11H2,1H3,(H,22,23,26). The van der Waals surface area contributed by atoms with Crippen molar-refractivity contribution in [2.24, 2.45) is 0 Å². The smallest absolute Gasteiger partial charge is 0.260 e. The number of aromatic amines is 1. The molecule has 1 amide bonds. The van der Waals surface area contributed by atoms with Gasteiger partial charge in [0.1, 0.15) is 10.6 Å². The first-order chi connectivity index (χ1) is 13.5. The van der Waals surface area contributed by atoms with Crippen LogP contribution in [-0.2, 0) is 4.79 Å². The lowest BCUT2D eigenvalue weighted by Crippen LogP contribution is -2.43. The molecule has 5 nitrogen and oxygen atoms in total. The molecule has 4 rings (SSSR count). The van der Waals surface area contributed by atoms with Crippen LogP contribution in [0.3, 0.4) is 0 Å². The number of hydrogen-bond acceptors (Lipinski definition) is 5. The summed E-state index contributed by atoms with van der Waals surface area (Å²) < 4.78 is 13.2. The Morgan fingerprint density at radius 3 is 2.89 bits per heavy atom. The Kier molecular flexibility index (Phi) is 5.50. The minimum absolute atomic E-state index is 0.0816. The highest BCUT2D eigenvalue weighted by molar-refractivity contribution is 7.99. The molecular weight excluding hydrogens is 397 g/mol. The molecule has 0 saturated carbocycles. The minimum Gasteiger partial charge on any atom is -0.339 e. The number of nitrogens with zero attached hydrogens (tertiary/aromatic N) is 2. The number of carbonyl (C=O) groups excluding carboxylic acids is 1. The van der Waals surface area contributed by atoms with Crippen molar-refractivity contribution in [1.82, 2.24) is 14.9 Å². The maximum absolute atomic E-state index is 13.2. The van der Waals surface area contributed by atoms with Crippen molar-refractivity contribution in [1.29, 1.82) is 0 Å². The maximum atomic E-state index is 13.2. The van der Waals surface area contributed by atoms with E-state index < -0.39 is 0 Å². The Balaban J connectivity index is 1.54. The monoisotopic (exact) mass is 417 g/mol. The minimum atomic E-state index is -0.318. The molecule has 3 heterocycles. The van der Waals surface area contributed by atoms with Crippen LogP contribution in [0.15, 0.2) is 39.6 Å². The third kappa shape index (κ3) is 3.84. The third-order valence-corrected chi connectivity index (χ3v) is 6.76. The van der Waals surface area contributed by atoms with Crippen molar-refractivity contribution >= 4 is 39.2 Å². The Labute approximate surface area is 170 Å². The number of H-pyrrole nitrogens is 1. The summed E-state index contributed by atoms with van der Waals surface area (Å²) in [6.45, 7) is 2.88. The number of carbonyl (C=O) groups is 1. The molecule has 0 spiro atoms. The Bertz CT molecular complexity index is 1060. The summed E-state index contributed by atoms with van der Waals surface area (Å²) in [5.41, 5.74) is 1.27. The fraction of sp³-hybridized carbons (Fsp3) is 0.350. The maximum Gasteiger partial charge on any atom is 0.260 e. The van der Waals surface area contributed by atoms with E-state index in [0.717, 1.165) is 30.5 Å². The summed E-state index contributed by atoms with van der Waals surface area (Å²) in [7, 11) is 0. The van der Waals surface area contributed by atoms with E-state index in [1.54, 1.807) is 12.1 Å². The second-order valence-corrected chi connectivity index (χ2v) is 8.75. The fourth-order valence-corrected chi connectivity index (χ4v) is 5.27. The summed E-state index contributed by atoms with van der Waals surface area (Å²) in [5, 5.41) is 2.80. The van der Waals surface area contributed by atoms with Crippen LogP contribution in [0, 0.1) is 5.82 Å². The predicted molar refractivity (Wildman–Crippen MR) is 111 cm³/mol. The van der Waals surface area contributed by atoms with E-state index in [9.17, 15) is 14.0 Å². The van der Waals surface area contributed by atoms with Gasteiger partial charge in [-0.3, -0.25) is 9.59 Å². The van der Waals surface area contributed by atoms with Gasteiger partial charge < -0.3 is 9.88 Å². The zero-order chi connectivity index (χ0) is 19.7. The van der Waals surface area contributed by atoms with E-state index in [0.29, 0.717) is 15.4 Å². The van der Waals surface area contributed by atoms with E-state index in [2.05, 4.69) is 16.9 Å². The van der Waals surface area contributed by atoms with Crippen LogP contribution < -0.4 is 5.56 Å². The van der Waals surface area contributed by atoms with E-state index >= 15 is 0 Å². The van der Waals surface area contributed by atoms with Gasteiger partial charge in [0.2, 0.25) is 5.91 Å². The van der Waals surface area contributed by atoms with Crippen molar-refractivity contribution in [3.8, 4) is 11.1 Å². The van der Waals surface area contributed by atoms with Crippen LogP contribution in [0.1, 0.15) is 26.2 Å². The van der Waals surface area contributed by atoms with Crippen LogP contribution in [0.2, 0.25) is 0 Å². The number of thioether (sulfide) groups is 1. The van der Waals surface area contributed by atoms with Crippen LogP contribution in [0.4, 0.5) is 4.39 Å². The van der Waals surface area contributed by atoms with Crippen molar-refractivity contribution in [2.75, 3.05) is 12.3 Å². The summed E-state index contributed by atoms with van der Waals surface area (Å²) in [6.07, 6.45) is 3.25. The number of aromatic nitrogens is 2. The van der Waals surface area contributed by atoms with Gasteiger partial charge in [0.15, 0.2) is 5.16 Å². The molecule has 8 heteroatoms. The van der Waals surface area contributed by atoms with E-state index in [-0.39, 0.29) is 29.1 Å². The van der Waals surface area contributed by atoms with E-state index in [1.807, 2.05) is 10.3 Å². The molecule has 1 aliphatic heterocycles. The van der Waals surface area contributed by atoms with Crippen LogP contribution in [-0.4, -0.2) is 39.1 Å². The zero-order valence-electron chi connectivity index (χ0n) is 15.4. The molecule has 3 aromatic rings. The van der Waals surface area contributed by atoms with Gasteiger partial charge in [-0.2, -0.15) is 0 Å². The van der Waals surface area contributed by atoms with E-state index in [4.69, 9.17) is 0 Å². The van der Waals surface area contributed by atoms with Gasteiger partial charge >= 0.3 is 0 Å². The number of amides is 1. The number of likely N-dealkylation sites (tertiary alicyclic amines) is 1. The molecule has 28 heavy (non-hydrogen) atoms. The lowest BCUT2D eigenvalue weighted by Gasteiger charge is -2.33. The largest absolute Gasteiger partial charge is 0.339 e. The van der Waals surface area contributed by atoms with Crippen molar-refractivity contribution in [3.05, 3.63) is 45.8 Å². The summed E-state index contributed by atoms with van der Waals surface area (Å²) in [4.78, 5) is 35.0. The fourth-order valence-electron chi connectivity index (χ4n) is 3.52. The molecule has 0 bridgehead atoms. The molecule has 1 fully saturated rings. The highest BCUT2D eigenvalue weighted by Crippen LogP contribution is 2.31. The van der Waals surface area contributed by atoms with Gasteiger partial charge in [0.25, 0.3) is 5.56 Å². The van der Waals surface area contributed by atoms with Gasteiger partial charge in [0, 0.05) is 23.5 Å². The first-order valence-electron chi connectivity index (χ1n) is 9.22. The van der Waals surface area contributed by atoms with Crippen LogP contribution in [0.25, 0.3) is 21.3 Å². The molecule has 2 aromatic heterocycles. The van der Waals surface area contributed by atoms with Gasteiger partial charge in [0.05, 0.1) is 11.1 Å². The Hall–Kier alpha value is -2.19. The summed E-state index contributed by atoms with van der Waals surface area (Å²) in [6, 6.07) is 6.32. The molecule has 0 aliphatic carbocycles. The van der Waals surface area contributed by atoms with Crippen LogP contribution >= 0.6 is 23.1 Å². The third-order valence-electron chi connectivity index (χ3n) is 5.03. The number of rotatable bonds is 4. The first-order valence-corrected chi connectivity index (χ1v) is 11.1. The van der Waals surface area contributed by atoms with Crippen molar-refractivity contribution in [3.63, 3.8) is 0 Å². The predicted octanol–water partition coefficient (Wildman–Crippen LogP) is 4.28. The number of halogens is 1. The molecule has 1 aromatic carbocycles. The second kappa shape index (κ2) is 8.05. The van der Waals surface area contributed by atoms with Gasteiger partial charge in [-0.1, -0.05) is 23.9 Å². The lowest BCUT2D eigenvalue weighted by atomic mass is 10.0. The van der Waals surface area contributed by atoms with Crippen LogP contribution in [0.5, 0.6) is 0 Å². The number of hydrogen-bond donors (Lipinski definition) is 1.